The number of hydrogen-bond acceptors (Lipinski definition) is 3. The van der Waals surface area contributed by atoms with Crippen molar-refractivity contribution in [2.45, 2.75) is 51.5 Å². The van der Waals surface area contributed by atoms with Gasteiger partial charge in [0, 0.05) is 6.42 Å². The number of hydrogen-bond donors (Lipinski definition) is 0. The molecule has 0 unspecified atom stereocenters. The summed E-state index contributed by atoms with van der Waals surface area (Å²) in [5.41, 5.74) is 0.989. The summed E-state index contributed by atoms with van der Waals surface area (Å²) in [7, 11) is 1.64. The van der Waals surface area contributed by atoms with Crippen molar-refractivity contribution in [1.82, 2.24) is 4.57 Å². The number of amides is 1. The number of methoxy groups -OCH3 is 1. The van der Waals surface area contributed by atoms with E-state index in [9.17, 15) is 4.79 Å². The molecule has 132 valence electrons. The van der Waals surface area contributed by atoms with Crippen molar-refractivity contribution >= 4 is 27.5 Å². The van der Waals surface area contributed by atoms with Crippen LogP contribution in [-0.4, -0.2) is 17.6 Å². The summed E-state index contributed by atoms with van der Waals surface area (Å²) >= 11 is 1.48. The normalized spacial score (nSPS) is 16.1. The first kappa shape index (κ1) is 17.8. The van der Waals surface area contributed by atoms with E-state index in [0.29, 0.717) is 23.7 Å². The van der Waals surface area contributed by atoms with E-state index in [4.69, 9.17) is 11.2 Å². The molecule has 1 saturated carbocycles. The molecule has 1 fully saturated rings. The second-order valence-corrected chi connectivity index (χ2v) is 7.57. The first-order valence-electron chi connectivity index (χ1n) is 8.89. The Bertz CT molecular complexity index is 851. The van der Waals surface area contributed by atoms with Crippen LogP contribution in [0.3, 0.4) is 0 Å². The molecule has 0 bridgehead atoms. The van der Waals surface area contributed by atoms with E-state index in [0.717, 1.165) is 22.4 Å². The minimum atomic E-state index is -0.0464. The highest BCUT2D eigenvalue weighted by Crippen LogP contribution is 2.27. The molecule has 1 aliphatic carbocycles. The Morgan fingerprint density at radius 2 is 2.20 bits per heavy atom. The fourth-order valence-electron chi connectivity index (χ4n) is 3.48. The van der Waals surface area contributed by atoms with Crippen LogP contribution >= 0.6 is 11.3 Å². The zero-order chi connectivity index (χ0) is 17.6. The fourth-order valence-corrected chi connectivity index (χ4v) is 4.55. The van der Waals surface area contributed by atoms with Crippen LogP contribution < -0.4 is 9.54 Å². The lowest BCUT2D eigenvalue weighted by Gasteiger charge is -2.20. The second kappa shape index (κ2) is 8.35. The van der Waals surface area contributed by atoms with Crippen LogP contribution in [-0.2, 0) is 11.3 Å². The van der Waals surface area contributed by atoms with Crippen LogP contribution in [0.15, 0.2) is 23.2 Å². The molecule has 4 nitrogen and oxygen atoms in total. The molecular formula is C20H24N2O2S. The number of carbonyl (C=O) groups excluding carboxylic acids is 1. The van der Waals surface area contributed by atoms with E-state index >= 15 is 0 Å². The van der Waals surface area contributed by atoms with Gasteiger partial charge in [-0.2, -0.15) is 4.99 Å². The Morgan fingerprint density at radius 3 is 2.92 bits per heavy atom. The number of benzene rings is 1. The molecule has 0 N–H and O–H groups in total. The van der Waals surface area contributed by atoms with Crippen molar-refractivity contribution in [3.63, 3.8) is 0 Å². The topological polar surface area (TPSA) is 43.6 Å². The van der Waals surface area contributed by atoms with E-state index in [1.165, 1.54) is 43.4 Å². The predicted molar refractivity (Wildman–Crippen MR) is 102 cm³/mol. The molecule has 5 heteroatoms. The molecule has 3 rings (SSSR count). The largest absolute Gasteiger partial charge is 0.497 e. The standard InChI is InChI=1S/C20H24N2O2S/c1-3-13-22-17-11-10-16(24-2)14-18(17)25-20(22)21-19(23)12-9-15-7-5-4-6-8-15/h1,10-11,14-15H,4-9,12-13H2,2H3. The molecule has 0 saturated heterocycles. The van der Waals surface area contributed by atoms with Crippen molar-refractivity contribution in [2.24, 2.45) is 10.9 Å². The van der Waals surface area contributed by atoms with E-state index in [1.807, 2.05) is 22.8 Å². The number of rotatable bonds is 5. The Labute approximate surface area is 152 Å². The number of thiazole rings is 1. The first-order valence-corrected chi connectivity index (χ1v) is 9.71. The van der Waals surface area contributed by atoms with Crippen molar-refractivity contribution in [2.75, 3.05) is 7.11 Å². The molecule has 1 aliphatic rings. The van der Waals surface area contributed by atoms with Gasteiger partial charge in [-0.15, -0.1) is 6.42 Å². The summed E-state index contributed by atoms with van der Waals surface area (Å²) in [5, 5.41) is 0. The van der Waals surface area contributed by atoms with E-state index in [2.05, 4.69) is 10.9 Å². The average Bonchev–Trinajstić information content (AvgIpc) is 2.97. The molecule has 1 amide bonds. The molecule has 0 aliphatic heterocycles. The molecule has 0 radical (unpaired) electrons. The third-order valence-electron chi connectivity index (χ3n) is 4.85. The molecule has 1 aromatic carbocycles. The van der Waals surface area contributed by atoms with E-state index in [-0.39, 0.29) is 5.91 Å². The third kappa shape index (κ3) is 4.32. The lowest BCUT2D eigenvalue weighted by molar-refractivity contribution is -0.118. The van der Waals surface area contributed by atoms with Gasteiger partial charge in [0.25, 0.3) is 0 Å². The van der Waals surface area contributed by atoms with Gasteiger partial charge in [0.1, 0.15) is 5.75 Å². The van der Waals surface area contributed by atoms with Crippen LogP contribution in [0.4, 0.5) is 0 Å². The molecule has 0 atom stereocenters. The van der Waals surface area contributed by atoms with Gasteiger partial charge in [0.2, 0.25) is 5.91 Å². The SMILES string of the molecule is C#CCn1c(=NC(=O)CCC2CCCCC2)sc2cc(OC)ccc21. The molecule has 1 heterocycles. The van der Waals surface area contributed by atoms with Crippen LogP contribution in [0.2, 0.25) is 0 Å². The predicted octanol–water partition coefficient (Wildman–Crippen LogP) is 4.13. The van der Waals surface area contributed by atoms with Crippen LogP contribution in [0, 0.1) is 18.3 Å². The number of terminal acetylenes is 1. The smallest absolute Gasteiger partial charge is 0.248 e. The highest BCUT2D eigenvalue weighted by Gasteiger charge is 2.15. The van der Waals surface area contributed by atoms with Gasteiger partial charge in [-0.1, -0.05) is 49.4 Å². The summed E-state index contributed by atoms with van der Waals surface area (Å²) in [6, 6.07) is 5.82. The highest BCUT2D eigenvalue weighted by molar-refractivity contribution is 7.16. The van der Waals surface area contributed by atoms with Gasteiger partial charge < -0.3 is 9.30 Å². The Kier molecular flexibility index (Phi) is 5.93. The van der Waals surface area contributed by atoms with E-state index < -0.39 is 0 Å². The average molecular weight is 356 g/mol. The van der Waals surface area contributed by atoms with Crippen LogP contribution in [0.5, 0.6) is 5.75 Å². The second-order valence-electron chi connectivity index (χ2n) is 6.56. The van der Waals surface area contributed by atoms with Crippen LogP contribution in [0.1, 0.15) is 44.9 Å². The summed E-state index contributed by atoms with van der Waals surface area (Å²) in [6.07, 6.45) is 13.4. The number of ether oxygens (including phenoxy) is 1. The molecule has 1 aromatic heterocycles. The zero-order valence-corrected chi connectivity index (χ0v) is 15.5. The summed E-state index contributed by atoms with van der Waals surface area (Å²) in [5.74, 6) is 4.09. The Morgan fingerprint density at radius 1 is 1.40 bits per heavy atom. The van der Waals surface area contributed by atoms with Crippen LogP contribution in [0.25, 0.3) is 10.2 Å². The monoisotopic (exact) mass is 356 g/mol. The maximum Gasteiger partial charge on any atom is 0.248 e. The van der Waals surface area contributed by atoms with Crippen molar-refractivity contribution in [3.05, 3.63) is 23.0 Å². The molecular weight excluding hydrogens is 332 g/mol. The lowest BCUT2D eigenvalue weighted by Crippen LogP contribution is -2.17. The zero-order valence-electron chi connectivity index (χ0n) is 14.7. The minimum Gasteiger partial charge on any atom is -0.497 e. The third-order valence-corrected chi connectivity index (χ3v) is 5.89. The molecule has 25 heavy (non-hydrogen) atoms. The summed E-state index contributed by atoms with van der Waals surface area (Å²) in [4.78, 5) is 17.4. The summed E-state index contributed by atoms with van der Waals surface area (Å²) < 4.78 is 8.23. The van der Waals surface area contributed by atoms with Gasteiger partial charge in [-0.3, -0.25) is 4.79 Å². The number of fused-ring (bicyclic) bond motifs is 1. The lowest BCUT2D eigenvalue weighted by atomic mass is 9.86. The quantitative estimate of drug-likeness (QED) is 0.756. The van der Waals surface area contributed by atoms with Gasteiger partial charge in [0.15, 0.2) is 4.80 Å². The number of aromatic nitrogens is 1. The maximum atomic E-state index is 12.4. The van der Waals surface area contributed by atoms with Crippen molar-refractivity contribution in [3.8, 4) is 18.1 Å². The van der Waals surface area contributed by atoms with E-state index in [1.54, 1.807) is 7.11 Å². The van der Waals surface area contributed by atoms with Crippen molar-refractivity contribution < 1.29 is 9.53 Å². The fraction of sp³-hybridized carbons (Fsp3) is 0.500. The number of carbonyl (C=O) groups is 1. The van der Waals surface area contributed by atoms with Gasteiger partial charge in [0.05, 0.1) is 23.9 Å². The molecule has 2 aromatic rings. The summed E-state index contributed by atoms with van der Waals surface area (Å²) in [6.45, 7) is 0.404. The van der Waals surface area contributed by atoms with Gasteiger partial charge >= 0.3 is 0 Å². The van der Waals surface area contributed by atoms with Gasteiger partial charge in [-0.05, 0) is 30.5 Å². The Hall–Kier alpha value is -2.06. The molecule has 0 spiro atoms. The Balaban J connectivity index is 1.82. The van der Waals surface area contributed by atoms with Crippen molar-refractivity contribution in [1.29, 1.82) is 0 Å². The number of nitrogens with zero attached hydrogens (tertiary/aromatic N) is 2. The minimum absolute atomic E-state index is 0.0464. The first-order chi connectivity index (χ1) is 12.2. The maximum absolute atomic E-state index is 12.4. The highest BCUT2D eigenvalue weighted by atomic mass is 32.1. The van der Waals surface area contributed by atoms with Gasteiger partial charge in [-0.25, -0.2) is 0 Å².